The van der Waals surface area contributed by atoms with E-state index in [0.717, 1.165) is 0 Å². The molecule has 0 aliphatic heterocycles. The first-order valence-corrected chi connectivity index (χ1v) is 9.86. The summed E-state index contributed by atoms with van der Waals surface area (Å²) < 4.78 is 0. The number of nitrogens with zero attached hydrogens (tertiary/aromatic N) is 1. The SMILES string of the molecule is O=C(C[NH2+]C1CCCCC1)N(Cc1ccccc1)Cc1cccs1. The highest BCUT2D eigenvalue weighted by Gasteiger charge is 2.21. The number of carbonyl (C=O) groups excluding carboxylic acids is 1. The fraction of sp³-hybridized carbons (Fsp3) is 0.450. The molecule has 2 aromatic rings. The van der Waals surface area contributed by atoms with Gasteiger partial charge in [0.05, 0.1) is 12.6 Å². The lowest BCUT2D eigenvalue weighted by Gasteiger charge is -2.24. The Balaban J connectivity index is 1.60. The van der Waals surface area contributed by atoms with Gasteiger partial charge in [-0.05, 0) is 42.7 Å². The second-order valence-corrected chi connectivity index (χ2v) is 7.68. The van der Waals surface area contributed by atoms with Gasteiger partial charge >= 0.3 is 0 Å². The first kappa shape index (κ1) is 17.2. The van der Waals surface area contributed by atoms with Crippen molar-refractivity contribution in [3.63, 3.8) is 0 Å². The number of amides is 1. The van der Waals surface area contributed by atoms with Crippen LogP contribution in [0.5, 0.6) is 0 Å². The van der Waals surface area contributed by atoms with Crippen molar-refractivity contribution in [2.45, 2.75) is 51.2 Å². The molecule has 0 atom stereocenters. The topological polar surface area (TPSA) is 36.9 Å². The molecule has 0 unspecified atom stereocenters. The molecule has 24 heavy (non-hydrogen) atoms. The van der Waals surface area contributed by atoms with Crippen molar-refractivity contribution in [1.82, 2.24) is 4.90 Å². The second-order valence-electron chi connectivity index (χ2n) is 6.65. The van der Waals surface area contributed by atoms with Crippen molar-refractivity contribution in [2.75, 3.05) is 6.54 Å². The molecule has 1 heterocycles. The van der Waals surface area contributed by atoms with Crippen LogP contribution in [0.3, 0.4) is 0 Å². The number of hydrogen-bond donors (Lipinski definition) is 1. The molecule has 1 aliphatic rings. The van der Waals surface area contributed by atoms with Crippen LogP contribution in [-0.2, 0) is 17.9 Å². The molecule has 1 aromatic carbocycles. The Labute approximate surface area is 148 Å². The van der Waals surface area contributed by atoms with Crippen LogP contribution in [0.2, 0.25) is 0 Å². The lowest BCUT2D eigenvalue weighted by atomic mass is 9.95. The van der Waals surface area contributed by atoms with E-state index in [1.165, 1.54) is 42.5 Å². The molecule has 4 heteroatoms. The van der Waals surface area contributed by atoms with Crippen LogP contribution >= 0.6 is 11.3 Å². The van der Waals surface area contributed by atoms with Gasteiger partial charge in [0.25, 0.3) is 5.91 Å². The van der Waals surface area contributed by atoms with Crippen molar-refractivity contribution in [2.24, 2.45) is 0 Å². The van der Waals surface area contributed by atoms with E-state index >= 15 is 0 Å². The minimum absolute atomic E-state index is 0.248. The molecule has 0 spiro atoms. The minimum Gasteiger partial charge on any atom is -0.336 e. The Morgan fingerprint density at radius 1 is 1.04 bits per heavy atom. The Bertz CT molecular complexity index is 606. The monoisotopic (exact) mass is 343 g/mol. The molecule has 1 amide bonds. The molecule has 3 nitrogen and oxygen atoms in total. The van der Waals surface area contributed by atoms with Gasteiger partial charge in [0.15, 0.2) is 6.54 Å². The quantitative estimate of drug-likeness (QED) is 0.824. The molecule has 1 aromatic heterocycles. The predicted octanol–water partition coefficient (Wildman–Crippen LogP) is 3.17. The first-order chi connectivity index (χ1) is 11.8. The van der Waals surface area contributed by atoms with Crippen LogP contribution in [0.15, 0.2) is 47.8 Å². The minimum atomic E-state index is 0.248. The highest BCUT2D eigenvalue weighted by atomic mass is 32.1. The Kier molecular flexibility index (Phi) is 6.44. The molecule has 2 N–H and O–H groups in total. The largest absolute Gasteiger partial charge is 0.336 e. The van der Waals surface area contributed by atoms with E-state index in [1.54, 1.807) is 11.3 Å². The summed E-state index contributed by atoms with van der Waals surface area (Å²) in [7, 11) is 0. The summed E-state index contributed by atoms with van der Waals surface area (Å²) in [6.45, 7) is 1.98. The predicted molar refractivity (Wildman–Crippen MR) is 98.7 cm³/mol. The first-order valence-electron chi connectivity index (χ1n) is 8.98. The summed E-state index contributed by atoms with van der Waals surface area (Å²) >= 11 is 1.72. The highest BCUT2D eigenvalue weighted by molar-refractivity contribution is 7.09. The Morgan fingerprint density at radius 3 is 2.54 bits per heavy atom. The number of thiophene rings is 1. The van der Waals surface area contributed by atoms with Gasteiger partial charge in [-0.1, -0.05) is 42.8 Å². The van der Waals surface area contributed by atoms with E-state index in [1.807, 2.05) is 23.1 Å². The summed E-state index contributed by atoms with van der Waals surface area (Å²) in [6.07, 6.45) is 6.52. The van der Waals surface area contributed by atoms with Gasteiger partial charge in [-0.3, -0.25) is 4.79 Å². The van der Waals surface area contributed by atoms with Gasteiger partial charge in [-0.2, -0.15) is 0 Å². The maximum Gasteiger partial charge on any atom is 0.278 e. The number of hydrogen-bond acceptors (Lipinski definition) is 2. The Hall–Kier alpha value is -1.65. The molecule has 0 radical (unpaired) electrons. The van der Waals surface area contributed by atoms with Crippen LogP contribution in [0.1, 0.15) is 42.5 Å². The molecule has 3 rings (SSSR count). The summed E-state index contributed by atoms with van der Waals surface area (Å²) in [5.74, 6) is 0.248. The maximum absolute atomic E-state index is 12.8. The second kappa shape index (κ2) is 9.00. The molecule has 0 bridgehead atoms. The van der Waals surface area contributed by atoms with Crippen molar-refractivity contribution in [3.05, 3.63) is 58.3 Å². The average Bonchev–Trinajstić information content (AvgIpc) is 3.14. The number of nitrogens with two attached hydrogens (primary N) is 1. The number of carbonyl (C=O) groups is 1. The number of benzene rings is 1. The van der Waals surface area contributed by atoms with Crippen LogP contribution in [0.4, 0.5) is 0 Å². The lowest BCUT2D eigenvalue weighted by molar-refractivity contribution is -0.682. The van der Waals surface area contributed by atoms with Gasteiger partial charge in [0.1, 0.15) is 0 Å². The van der Waals surface area contributed by atoms with Crippen molar-refractivity contribution < 1.29 is 10.1 Å². The highest BCUT2D eigenvalue weighted by Crippen LogP contribution is 2.16. The molecule has 128 valence electrons. The van der Waals surface area contributed by atoms with E-state index in [-0.39, 0.29) is 5.91 Å². The average molecular weight is 344 g/mol. The van der Waals surface area contributed by atoms with Gasteiger partial charge in [0, 0.05) is 11.4 Å². The fourth-order valence-corrected chi connectivity index (χ4v) is 4.11. The molecular weight excluding hydrogens is 316 g/mol. The van der Waals surface area contributed by atoms with Crippen LogP contribution in [0.25, 0.3) is 0 Å². The standard InChI is InChI=1S/C20H26N2OS/c23-20(14-21-18-10-5-2-6-11-18)22(16-19-12-7-13-24-19)15-17-8-3-1-4-9-17/h1,3-4,7-9,12-13,18,21H,2,5-6,10-11,14-16H2/p+1. The third-order valence-corrected chi connectivity index (χ3v) is 5.63. The summed E-state index contributed by atoms with van der Waals surface area (Å²) in [5, 5.41) is 4.35. The molecule has 1 saturated carbocycles. The van der Waals surface area contributed by atoms with E-state index in [4.69, 9.17) is 0 Å². The van der Waals surface area contributed by atoms with E-state index in [9.17, 15) is 4.79 Å². The van der Waals surface area contributed by atoms with Gasteiger partial charge in [-0.15, -0.1) is 11.3 Å². The molecule has 0 saturated heterocycles. The molecular formula is C20H27N2OS+. The zero-order valence-corrected chi connectivity index (χ0v) is 15.0. The number of quaternary nitrogens is 1. The van der Waals surface area contributed by atoms with Crippen molar-refractivity contribution in [3.8, 4) is 0 Å². The molecule has 1 fully saturated rings. The summed E-state index contributed by atoms with van der Waals surface area (Å²) in [6, 6.07) is 15.1. The number of rotatable bonds is 7. The zero-order chi connectivity index (χ0) is 16.6. The van der Waals surface area contributed by atoms with Crippen LogP contribution < -0.4 is 5.32 Å². The van der Waals surface area contributed by atoms with Crippen molar-refractivity contribution in [1.29, 1.82) is 0 Å². The van der Waals surface area contributed by atoms with Gasteiger partial charge in [-0.25, -0.2) is 0 Å². The van der Waals surface area contributed by atoms with E-state index < -0.39 is 0 Å². The van der Waals surface area contributed by atoms with Crippen molar-refractivity contribution >= 4 is 17.2 Å². The maximum atomic E-state index is 12.8. The van der Waals surface area contributed by atoms with E-state index in [0.29, 0.717) is 25.7 Å². The van der Waals surface area contributed by atoms with Gasteiger partial charge in [0.2, 0.25) is 0 Å². The normalized spacial score (nSPS) is 15.3. The summed E-state index contributed by atoms with van der Waals surface area (Å²) in [4.78, 5) is 16.1. The van der Waals surface area contributed by atoms with Gasteiger partial charge < -0.3 is 10.2 Å². The third-order valence-electron chi connectivity index (χ3n) is 4.77. The Morgan fingerprint density at radius 2 is 1.83 bits per heavy atom. The third kappa shape index (κ3) is 5.18. The zero-order valence-electron chi connectivity index (χ0n) is 14.2. The summed E-state index contributed by atoms with van der Waals surface area (Å²) in [5.41, 5.74) is 1.19. The van der Waals surface area contributed by atoms with Crippen LogP contribution in [-0.4, -0.2) is 23.4 Å². The molecule has 1 aliphatic carbocycles. The smallest absolute Gasteiger partial charge is 0.278 e. The lowest BCUT2D eigenvalue weighted by Crippen LogP contribution is -2.92. The fourth-order valence-electron chi connectivity index (χ4n) is 3.39. The van der Waals surface area contributed by atoms with Crippen LogP contribution in [0, 0.1) is 0 Å². The van der Waals surface area contributed by atoms with E-state index in [2.05, 4.69) is 35.0 Å².